The summed E-state index contributed by atoms with van der Waals surface area (Å²) in [5.74, 6) is -0.158. The summed E-state index contributed by atoms with van der Waals surface area (Å²) >= 11 is 1.99. The van der Waals surface area contributed by atoms with Crippen molar-refractivity contribution in [1.82, 2.24) is 9.55 Å². The van der Waals surface area contributed by atoms with Gasteiger partial charge in [0.2, 0.25) is 0 Å². The van der Waals surface area contributed by atoms with Crippen LogP contribution in [0.15, 0.2) is 18.5 Å². The highest BCUT2D eigenvalue weighted by Gasteiger charge is 2.40. The third-order valence-electron chi connectivity index (χ3n) is 3.14. The Balaban J connectivity index is 2.29. The molecule has 0 aliphatic heterocycles. The second kappa shape index (κ2) is 2.93. The van der Waals surface area contributed by atoms with Crippen LogP contribution in [0.3, 0.4) is 0 Å². The van der Waals surface area contributed by atoms with Crippen LogP contribution >= 0.6 is 22.6 Å². The Bertz CT molecular complexity index is 543. The average Bonchev–Trinajstić information content (AvgIpc) is 2.79. The lowest BCUT2D eigenvalue weighted by Crippen LogP contribution is -2.10. The van der Waals surface area contributed by atoms with Crippen molar-refractivity contribution in [2.75, 3.05) is 0 Å². The molecule has 0 bridgehead atoms. The van der Waals surface area contributed by atoms with Gasteiger partial charge >= 0.3 is 0 Å². The predicted molar refractivity (Wildman–Crippen MR) is 65.3 cm³/mol. The Morgan fingerprint density at radius 2 is 2.20 bits per heavy atom. The molecule has 0 unspecified atom stereocenters. The number of aromatic nitrogens is 2. The van der Waals surface area contributed by atoms with E-state index in [0.29, 0.717) is 3.57 Å². The topological polar surface area (TPSA) is 17.8 Å². The van der Waals surface area contributed by atoms with E-state index in [2.05, 4.69) is 16.5 Å². The second-order valence-electron chi connectivity index (χ2n) is 4.37. The molecule has 0 N–H and O–H groups in total. The van der Waals surface area contributed by atoms with Crippen LogP contribution in [0.1, 0.15) is 19.8 Å². The zero-order valence-corrected chi connectivity index (χ0v) is 10.5. The SMILES string of the molecule is CC1(n2cnc3cc(I)c(F)cc32)CC1. The number of hydrogen-bond donors (Lipinski definition) is 0. The summed E-state index contributed by atoms with van der Waals surface area (Å²) in [6.45, 7) is 2.18. The molecule has 1 saturated carbocycles. The van der Waals surface area contributed by atoms with Crippen molar-refractivity contribution < 1.29 is 4.39 Å². The summed E-state index contributed by atoms with van der Waals surface area (Å²) in [5.41, 5.74) is 1.97. The van der Waals surface area contributed by atoms with Crippen molar-refractivity contribution >= 4 is 33.6 Å². The van der Waals surface area contributed by atoms with E-state index in [1.165, 1.54) is 0 Å². The molecule has 1 aromatic heterocycles. The van der Waals surface area contributed by atoms with Gasteiger partial charge in [0.25, 0.3) is 0 Å². The number of benzene rings is 1. The fraction of sp³-hybridized carbons (Fsp3) is 0.364. The molecule has 2 nitrogen and oxygen atoms in total. The number of imidazole rings is 1. The first-order valence-electron chi connectivity index (χ1n) is 4.93. The number of halogens is 2. The third-order valence-corrected chi connectivity index (χ3v) is 3.97. The van der Waals surface area contributed by atoms with Gasteiger partial charge in [0, 0.05) is 11.6 Å². The van der Waals surface area contributed by atoms with Gasteiger partial charge in [-0.2, -0.15) is 0 Å². The Hall–Kier alpha value is -0.650. The van der Waals surface area contributed by atoms with Crippen LogP contribution in [0.4, 0.5) is 4.39 Å². The van der Waals surface area contributed by atoms with Crippen LogP contribution in [0.25, 0.3) is 11.0 Å². The van der Waals surface area contributed by atoms with Crippen molar-refractivity contribution in [1.29, 1.82) is 0 Å². The van der Waals surface area contributed by atoms with Crippen molar-refractivity contribution in [2.24, 2.45) is 0 Å². The molecular weight excluding hydrogens is 306 g/mol. The maximum atomic E-state index is 13.5. The molecule has 0 radical (unpaired) electrons. The molecule has 0 amide bonds. The lowest BCUT2D eigenvalue weighted by Gasteiger charge is -2.11. The van der Waals surface area contributed by atoms with E-state index in [1.807, 2.05) is 28.9 Å². The molecule has 4 heteroatoms. The van der Waals surface area contributed by atoms with Crippen molar-refractivity contribution in [2.45, 2.75) is 25.3 Å². The smallest absolute Gasteiger partial charge is 0.138 e. The van der Waals surface area contributed by atoms with Crippen LogP contribution in [-0.4, -0.2) is 9.55 Å². The monoisotopic (exact) mass is 316 g/mol. The Morgan fingerprint density at radius 1 is 1.47 bits per heavy atom. The number of hydrogen-bond acceptors (Lipinski definition) is 1. The Kier molecular flexibility index (Phi) is 1.87. The lowest BCUT2D eigenvalue weighted by atomic mass is 10.2. The highest BCUT2D eigenvalue weighted by atomic mass is 127. The van der Waals surface area contributed by atoms with Crippen LogP contribution in [-0.2, 0) is 5.54 Å². The zero-order valence-electron chi connectivity index (χ0n) is 8.30. The molecule has 15 heavy (non-hydrogen) atoms. The first-order chi connectivity index (χ1) is 7.10. The van der Waals surface area contributed by atoms with E-state index in [0.717, 1.165) is 23.9 Å². The van der Waals surface area contributed by atoms with E-state index < -0.39 is 0 Å². The van der Waals surface area contributed by atoms with Gasteiger partial charge in [-0.1, -0.05) is 0 Å². The quantitative estimate of drug-likeness (QED) is 0.738. The molecule has 3 rings (SSSR count). The van der Waals surface area contributed by atoms with E-state index in [4.69, 9.17) is 0 Å². The predicted octanol–water partition coefficient (Wildman–Crippen LogP) is 3.29. The van der Waals surface area contributed by atoms with Gasteiger partial charge in [0.15, 0.2) is 0 Å². The molecule has 0 saturated heterocycles. The Morgan fingerprint density at radius 3 is 2.87 bits per heavy atom. The molecule has 2 aromatic rings. The van der Waals surface area contributed by atoms with Gasteiger partial charge in [-0.3, -0.25) is 0 Å². The fourth-order valence-electron chi connectivity index (χ4n) is 1.86. The standard InChI is InChI=1S/C11H10FIN2/c1-11(2-3-11)15-6-14-9-5-8(13)7(12)4-10(9)15/h4-6H,2-3H2,1H3. The summed E-state index contributed by atoms with van der Waals surface area (Å²) in [6, 6.07) is 3.39. The molecule has 1 heterocycles. The Labute approximate surface area is 101 Å². The molecule has 1 aromatic carbocycles. The highest BCUT2D eigenvalue weighted by molar-refractivity contribution is 14.1. The van der Waals surface area contributed by atoms with E-state index in [1.54, 1.807) is 12.1 Å². The minimum absolute atomic E-state index is 0.158. The summed E-state index contributed by atoms with van der Waals surface area (Å²) < 4.78 is 16.2. The van der Waals surface area contributed by atoms with Gasteiger partial charge in [-0.05, 0) is 48.4 Å². The van der Waals surface area contributed by atoms with Crippen molar-refractivity contribution in [3.05, 3.63) is 27.8 Å². The molecule has 1 aliphatic carbocycles. The number of fused-ring (bicyclic) bond motifs is 1. The maximum Gasteiger partial charge on any atom is 0.138 e. The minimum atomic E-state index is -0.158. The molecular formula is C11H10FIN2. The summed E-state index contributed by atoms with van der Waals surface area (Å²) in [5, 5.41) is 0. The molecule has 0 spiro atoms. The van der Waals surface area contributed by atoms with E-state index >= 15 is 0 Å². The number of rotatable bonds is 1. The largest absolute Gasteiger partial charge is 0.325 e. The molecule has 78 valence electrons. The van der Waals surface area contributed by atoms with Gasteiger partial charge in [-0.15, -0.1) is 0 Å². The summed E-state index contributed by atoms with van der Waals surface area (Å²) in [7, 11) is 0. The van der Waals surface area contributed by atoms with E-state index in [-0.39, 0.29) is 11.4 Å². The van der Waals surface area contributed by atoms with Crippen LogP contribution in [0.5, 0.6) is 0 Å². The van der Waals surface area contributed by atoms with Crippen LogP contribution in [0.2, 0.25) is 0 Å². The normalized spacial score (nSPS) is 18.3. The number of nitrogens with zero attached hydrogens (tertiary/aromatic N) is 2. The molecule has 0 atom stereocenters. The first-order valence-corrected chi connectivity index (χ1v) is 6.01. The highest BCUT2D eigenvalue weighted by Crippen LogP contribution is 2.44. The van der Waals surface area contributed by atoms with Gasteiger partial charge in [-0.25, -0.2) is 9.37 Å². The maximum absolute atomic E-state index is 13.5. The third kappa shape index (κ3) is 1.38. The second-order valence-corrected chi connectivity index (χ2v) is 5.53. The van der Waals surface area contributed by atoms with Crippen molar-refractivity contribution in [3.63, 3.8) is 0 Å². The van der Waals surface area contributed by atoms with Gasteiger partial charge < -0.3 is 4.57 Å². The first kappa shape index (κ1) is 9.57. The minimum Gasteiger partial charge on any atom is -0.325 e. The van der Waals surface area contributed by atoms with Crippen LogP contribution in [0, 0.1) is 9.39 Å². The molecule has 1 aliphatic rings. The summed E-state index contributed by atoms with van der Waals surface area (Å²) in [4.78, 5) is 4.32. The van der Waals surface area contributed by atoms with Crippen molar-refractivity contribution in [3.8, 4) is 0 Å². The fourth-order valence-corrected chi connectivity index (χ4v) is 2.31. The summed E-state index contributed by atoms with van der Waals surface area (Å²) in [6.07, 6.45) is 4.14. The zero-order chi connectivity index (χ0) is 10.6. The molecule has 1 fully saturated rings. The van der Waals surface area contributed by atoms with E-state index in [9.17, 15) is 4.39 Å². The van der Waals surface area contributed by atoms with Gasteiger partial charge in [0.1, 0.15) is 5.82 Å². The van der Waals surface area contributed by atoms with Gasteiger partial charge in [0.05, 0.1) is 20.9 Å². The van der Waals surface area contributed by atoms with Crippen LogP contribution < -0.4 is 0 Å². The average molecular weight is 316 g/mol. The lowest BCUT2D eigenvalue weighted by molar-refractivity contribution is 0.546.